The van der Waals surface area contributed by atoms with Crippen LogP contribution in [0.3, 0.4) is 0 Å². The molecular weight excluding hydrogens is 317 g/mol. The molecule has 0 saturated heterocycles. The number of hydrogen-bond donors (Lipinski definition) is 1. The predicted molar refractivity (Wildman–Crippen MR) is 77.9 cm³/mol. The van der Waals surface area contributed by atoms with Gasteiger partial charge in [0.2, 0.25) is 0 Å². The quantitative estimate of drug-likeness (QED) is 0.915. The van der Waals surface area contributed by atoms with Gasteiger partial charge < -0.3 is 5.11 Å². The first-order chi connectivity index (χ1) is 9.87. The molecule has 5 nitrogen and oxygen atoms in total. The van der Waals surface area contributed by atoms with Gasteiger partial charge in [-0.1, -0.05) is 0 Å². The molecule has 1 N–H and O–H groups in total. The molecule has 0 spiro atoms. The van der Waals surface area contributed by atoms with Crippen LogP contribution in [0.4, 0.5) is 10.1 Å². The molecule has 1 heterocycles. The van der Waals surface area contributed by atoms with E-state index in [1.807, 2.05) is 0 Å². The Labute approximate surface area is 125 Å². The summed E-state index contributed by atoms with van der Waals surface area (Å²) in [5.74, 6) is -1.77. The number of halogens is 1. The molecule has 0 saturated carbocycles. The van der Waals surface area contributed by atoms with Crippen molar-refractivity contribution in [2.45, 2.75) is 11.8 Å². The van der Waals surface area contributed by atoms with E-state index in [0.29, 0.717) is 0 Å². The lowest BCUT2D eigenvalue weighted by molar-refractivity contribution is 0.0698. The number of anilines is 1. The Morgan fingerprint density at radius 1 is 1.29 bits per heavy atom. The number of aromatic carboxylic acids is 1. The Bertz CT molecular complexity index is 753. The molecule has 2 aromatic rings. The number of sulfonamides is 1. The molecule has 0 aliphatic rings. The lowest BCUT2D eigenvalue weighted by atomic mass is 10.3. The Morgan fingerprint density at radius 3 is 2.43 bits per heavy atom. The maximum Gasteiger partial charge on any atom is 0.347 e. The molecule has 21 heavy (non-hydrogen) atoms. The molecule has 1 aromatic heterocycles. The molecule has 8 heteroatoms. The van der Waals surface area contributed by atoms with E-state index in [0.717, 1.165) is 27.8 Å². The van der Waals surface area contributed by atoms with Crippen molar-refractivity contribution in [3.8, 4) is 0 Å². The zero-order valence-corrected chi connectivity index (χ0v) is 12.6. The average Bonchev–Trinajstić information content (AvgIpc) is 2.92. The Kier molecular flexibility index (Phi) is 4.29. The van der Waals surface area contributed by atoms with Gasteiger partial charge in [0, 0.05) is 6.54 Å². The summed E-state index contributed by atoms with van der Waals surface area (Å²) >= 11 is 0.845. The largest absolute Gasteiger partial charge is 0.477 e. The fourth-order valence-corrected chi connectivity index (χ4v) is 4.58. The van der Waals surface area contributed by atoms with Gasteiger partial charge in [-0.25, -0.2) is 17.6 Å². The third-order valence-electron chi connectivity index (χ3n) is 2.79. The number of benzene rings is 1. The summed E-state index contributed by atoms with van der Waals surface area (Å²) in [5, 5.41) is 10.5. The molecule has 0 unspecified atom stereocenters. The van der Waals surface area contributed by atoms with Crippen LogP contribution in [-0.4, -0.2) is 26.0 Å². The summed E-state index contributed by atoms with van der Waals surface area (Å²) < 4.78 is 39.2. The number of nitrogens with zero attached hydrogens (tertiary/aromatic N) is 1. The minimum atomic E-state index is -4.01. The zero-order chi connectivity index (χ0) is 15.6. The van der Waals surface area contributed by atoms with Crippen molar-refractivity contribution in [1.82, 2.24) is 0 Å². The monoisotopic (exact) mass is 329 g/mol. The predicted octanol–water partition coefficient (Wildman–Crippen LogP) is 2.80. The van der Waals surface area contributed by atoms with Crippen molar-refractivity contribution in [2.24, 2.45) is 0 Å². The molecule has 0 aliphatic carbocycles. The van der Waals surface area contributed by atoms with Gasteiger partial charge in [-0.2, -0.15) is 0 Å². The maximum atomic E-state index is 12.9. The summed E-state index contributed by atoms with van der Waals surface area (Å²) in [6.07, 6.45) is 0. The van der Waals surface area contributed by atoms with Crippen LogP contribution >= 0.6 is 11.3 Å². The molecular formula is C13H12FNO4S2. The number of thiophene rings is 1. The molecule has 0 atom stereocenters. The molecule has 0 fully saturated rings. The molecule has 0 bridgehead atoms. The second-order valence-corrected chi connectivity index (χ2v) is 6.81. The van der Waals surface area contributed by atoms with E-state index < -0.39 is 21.8 Å². The first kappa shape index (κ1) is 15.5. The van der Waals surface area contributed by atoms with Crippen LogP contribution in [-0.2, 0) is 10.0 Å². The fraction of sp³-hybridized carbons (Fsp3) is 0.154. The summed E-state index contributed by atoms with van der Waals surface area (Å²) in [6, 6.07) is 6.24. The van der Waals surface area contributed by atoms with Crippen molar-refractivity contribution in [2.75, 3.05) is 10.8 Å². The number of hydrogen-bond acceptors (Lipinski definition) is 4. The van der Waals surface area contributed by atoms with E-state index in [9.17, 15) is 17.6 Å². The molecule has 1 aromatic carbocycles. The SMILES string of the molecule is CCN(c1ccc(F)cc1)S(=O)(=O)c1ccsc1C(=O)O. The van der Waals surface area contributed by atoms with Crippen molar-refractivity contribution in [1.29, 1.82) is 0 Å². The summed E-state index contributed by atoms with van der Waals surface area (Å²) in [7, 11) is -4.01. The fourth-order valence-electron chi connectivity index (χ4n) is 1.87. The topological polar surface area (TPSA) is 74.7 Å². The van der Waals surface area contributed by atoms with Crippen molar-refractivity contribution in [3.05, 3.63) is 46.4 Å². The Morgan fingerprint density at radius 2 is 1.90 bits per heavy atom. The number of carboxylic acid groups (broad SMARTS) is 1. The minimum Gasteiger partial charge on any atom is -0.477 e. The van der Waals surface area contributed by atoms with Gasteiger partial charge in [-0.05, 0) is 42.6 Å². The molecule has 0 amide bonds. The highest BCUT2D eigenvalue weighted by Gasteiger charge is 2.29. The molecule has 0 radical (unpaired) electrons. The lowest BCUT2D eigenvalue weighted by Crippen LogP contribution is -2.31. The average molecular weight is 329 g/mol. The maximum absolute atomic E-state index is 12.9. The summed E-state index contributed by atoms with van der Waals surface area (Å²) in [5.41, 5.74) is 0.279. The van der Waals surface area contributed by atoms with Gasteiger partial charge in [-0.15, -0.1) is 11.3 Å². The van der Waals surface area contributed by atoms with Crippen molar-refractivity contribution < 1.29 is 22.7 Å². The first-order valence-electron chi connectivity index (χ1n) is 5.97. The summed E-state index contributed by atoms with van der Waals surface area (Å²) in [4.78, 5) is 10.6. The van der Waals surface area contributed by atoms with Gasteiger partial charge in [0.15, 0.2) is 0 Å². The highest BCUT2D eigenvalue weighted by Crippen LogP contribution is 2.28. The highest BCUT2D eigenvalue weighted by atomic mass is 32.2. The normalized spacial score (nSPS) is 11.3. The lowest BCUT2D eigenvalue weighted by Gasteiger charge is -2.22. The van der Waals surface area contributed by atoms with Crippen molar-refractivity contribution >= 4 is 33.0 Å². The zero-order valence-electron chi connectivity index (χ0n) is 11.0. The van der Waals surface area contributed by atoms with E-state index in [-0.39, 0.29) is 22.0 Å². The standard InChI is InChI=1S/C13H12FNO4S2/c1-2-15(10-5-3-9(14)4-6-10)21(18,19)11-7-8-20-12(11)13(16)17/h3-8H,2H2,1H3,(H,16,17). The van der Waals surface area contributed by atoms with E-state index in [1.165, 1.54) is 23.6 Å². The van der Waals surface area contributed by atoms with Gasteiger partial charge >= 0.3 is 5.97 Å². The van der Waals surface area contributed by atoms with Gasteiger partial charge in [-0.3, -0.25) is 4.31 Å². The van der Waals surface area contributed by atoms with Crippen LogP contribution in [0, 0.1) is 5.82 Å². The van der Waals surface area contributed by atoms with Gasteiger partial charge in [0.1, 0.15) is 15.6 Å². The van der Waals surface area contributed by atoms with Crippen LogP contribution in [0.15, 0.2) is 40.6 Å². The van der Waals surface area contributed by atoms with Gasteiger partial charge in [0.05, 0.1) is 5.69 Å². The van der Waals surface area contributed by atoms with Crippen LogP contribution in [0.2, 0.25) is 0 Å². The van der Waals surface area contributed by atoms with E-state index >= 15 is 0 Å². The van der Waals surface area contributed by atoms with Crippen LogP contribution in [0.5, 0.6) is 0 Å². The number of carboxylic acids is 1. The van der Waals surface area contributed by atoms with E-state index in [2.05, 4.69) is 0 Å². The Balaban J connectivity index is 2.52. The Hall–Kier alpha value is -1.93. The number of rotatable bonds is 5. The second-order valence-electron chi connectivity index (χ2n) is 4.07. The van der Waals surface area contributed by atoms with Crippen molar-refractivity contribution in [3.63, 3.8) is 0 Å². The van der Waals surface area contributed by atoms with Crippen LogP contribution < -0.4 is 4.31 Å². The second kappa shape index (κ2) is 5.82. The molecule has 2 rings (SSSR count). The third kappa shape index (κ3) is 2.91. The molecule has 112 valence electrons. The minimum absolute atomic E-state index is 0.100. The third-order valence-corrected chi connectivity index (χ3v) is 5.77. The van der Waals surface area contributed by atoms with Gasteiger partial charge in [0.25, 0.3) is 10.0 Å². The smallest absolute Gasteiger partial charge is 0.347 e. The summed E-state index contributed by atoms with van der Waals surface area (Å²) in [6.45, 7) is 1.72. The van der Waals surface area contributed by atoms with Crippen LogP contribution in [0.1, 0.15) is 16.6 Å². The highest BCUT2D eigenvalue weighted by molar-refractivity contribution is 7.93. The van der Waals surface area contributed by atoms with Crippen LogP contribution in [0.25, 0.3) is 0 Å². The molecule has 0 aliphatic heterocycles. The van der Waals surface area contributed by atoms with E-state index in [4.69, 9.17) is 5.11 Å². The van der Waals surface area contributed by atoms with E-state index in [1.54, 1.807) is 6.92 Å². The first-order valence-corrected chi connectivity index (χ1v) is 8.29. The number of carbonyl (C=O) groups is 1.